The minimum Gasteiger partial charge on any atom is -0.457 e. The fraction of sp³-hybridized carbons (Fsp3) is 0.0667. The van der Waals surface area contributed by atoms with E-state index in [0.717, 1.165) is 0 Å². The SMILES string of the molecule is NC(=O)OCC(=S)Nc1cc(Oc2ccccc2)ccc1[N+](=O)[O-]. The highest BCUT2D eigenvalue weighted by molar-refractivity contribution is 7.80. The van der Waals surface area contributed by atoms with Crippen LogP contribution < -0.4 is 15.8 Å². The summed E-state index contributed by atoms with van der Waals surface area (Å²) in [4.78, 5) is 21.2. The Morgan fingerprint density at radius 2 is 1.92 bits per heavy atom. The molecule has 0 aliphatic carbocycles. The van der Waals surface area contributed by atoms with E-state index in [-0.39, 0.29) is 23.0 Å². The Hall–Kier alpha value is -3.20. The predicted molar refractivity (Wildman–Crippen MR) is 91.4 cm³/mol. The number of nitro benzene ring substituents is 1. The second-order valence-electron chi connectivity index (χ2n) is 4.51. The fourth-order valence-corrected chi connectivity index (χ4v) is 1.95. The van der Waals surface area contributed by atoms with Gasteiger partial charge in [0, 0.05) is 12.1 Å². The molecule has 2 rings (SSSR count). The highest BCUT2D eigenvalue weighted by atomic mass is 32.1. The number of amides is 1. The van der Waals surface area contributed by atoms with Crippen LogP contribution in [0.4, 0.5) is 16.2 Å². The first-order valence-electron chi connectivity index (χ1n) is 6.69. The number of nitrogens with zero attached hydrogens (tertiary/aromatic N) is 1. The van der Waals surface area contributed by atoms with Gasteiger partial charge in [-0.15, -0.1) is 0 Å². The molecule has 0 aliphatic rings. The van der Waals surface area contributed by atoms with Crippen molar-refractivity contribution in [2.75, 3.05) is 11.9 Å². The third-order valence-electron chi connectivity index (χ3n) is 2.76. The van der Waals surface area contributed by atoms with Crippen molar-refractivity contribution in [2.24, 2.45) is 5.73 Å². The minimum atomic E-state index is -0.991. The number of rotatable bonds is 6. The number of carbonyl (C=O) groups excluding carboxylic acids is 1. The number of nitro groups is 1. The van der Waals surface area contributed by atoms with Crippen LogP contribution >= 0.6 is 12.2 Å². The molecule has 0 heterocycles. The van der Waals surface area contributed by atoms with E-state index in [4.69, 9.17) is 22.7 Å². The van der Waals surface area contributed by atoms with E-state index in [0.29, 0.717) is 11.5 Å². The summed E-state index contributed by atoms with van der Waals surface area (Å²) in [6.07, 6.45) is -0.991. The van der Waals surface area contributed by atoms with Crippen molar-refractivity contribution in [3.05, 3.63) is 58.6 Å². The maximum Gasteiger partial charge on any atom is 0.404 e. The van der Waals surface area contributed by atoms with Crippen molar-refractivity contribution in [1.29, 1.82) is 0 Å². The number of thiocarbonyl (C=S) groups is 1. The average Bonchev–Trinajstić information content (AvgIpc) is 2.54. The summed E-state index contributed by atoms with van der Waals surface area (Å²) in [5.74, 6) is 0.963. The fourth-order valence-electron chi connectivity index (χ4n) is 1.79. The molecule has 0 unspecified atom stereocenters. The summed E-state index contributed by atoms with van der Waals surface area (Å²) in [7, 11) is 0. The molecular formula is C15H13N3O5S. The van der Waals surface area contributed by atoms with Gasteiger partial charge in [-0.05, 0) is 18.2 Å². The molecule has 3 N–H and O–H groups in total. The Bertz CT molecular complexity index is 767. The van der Waals surface area contributed by atoms with E-state index >= 15 is 0 Å². The van der Waals surface area contributed by atoms with Crippen LogP contribution in [0.3, 0.4) is 0 Å². The molecule has 0 fully saturated rings. The number of hydrogen-bond donors (Lipinski definition) is 2. The van der Waals surface area contributed by atoms with E-state index in [1.807, 2.05) is 6.07 Å². The third-order valence-corrected chi connectivity index (χ3v) is 2.98. The monoisotopic (exact) mass is 347 g/mol. The molecule has 1 amide bonds. The van der Waals surface area contributed by atoms with Gasteiger partial charge in [0.1, 0.15) is 28.8 Å². The standard InChI is InChI=1S/C15H13N3O5S/c16-15(19)22-9-14(24)17-12-8-11(6-7-13(12)18(20)21)23-10-4-2-1-3-5-10/h1-8H,9H2,(H2,16,19)(H,17,24). The normalized spacial score (nSPS) is 9.83. The Morgan fingerprint density at radius 1 is 1.21 bits per heavy atom. The topological polar surface area (TPSA) is 117 Å². The zero-order chi connectivity index (χ0) is 17.5. The van der Waals surface area contributed by atoms with E-state index in [1.165, 1.54) is 18.2 Å². The largest absolute Gasteiger partial charge is 0.457 e. The lowest BCUT2D eigenvalue weighted by atomic mass is 10.2. The number of primary amides is 1. The first-order valence-corrected chi connectivity index (χ1v) is 7.10. The number of ether oxygens (including phenoxy) is 2. The maximum absolute atomic E-state index is 11.1. The zero-order valence-electron chi connectivity index (χ0n) is 12.3. The number of anilines is 1. The van der Waals surface area contributed by atoms with Crippen molar-refractivity contribution in [2.45, 2.75) is 0 Å². The molecule has 8 nitrogen and oxygen atoms in total. The molecule has 24 heavy (non-hydrogen) atoms. The number of nitrogens with one attached hydrogen (secondary N) is 1. The Labute approximate surface area is 142 Å². The van der Waals surface area contributed by atoms with Crippen LogP contribution in [0.15, 0.2) is 48.5 Å². The average molecular weight is 347 g/mol. The molecule has 0 aromatic heterocycles. The summed E-state index contributed by atoms with van der Waals surface area (Å²) in [5.41, 5.74) is 4.77. The molecule has 0 atom stereocenters. The maximum atomic E-state index is 11.1. The van der Waals surface area contributed by atoms with Gasteiger partial charge in [0.2, 0.25) is 0 Å². The zero-order valence-corrected chi connectivity index (χ0v) is 13.1. The molecule has 2 aromatic rings. The number of para-hydroxylation sites is 1. The quantitative estimate of drug-likeness (QED) is 0.468. The van der Waals surface area contributed by atoms with Crippen molar-refractivity contribution < 1.29 is 19.2 Å². The smallest absolute Gasteiger partial charge is 0.404 e. The van der Waals surface area contributed by atoms with Crippen LogP contribution in [0, 0.1) is 10.1 Å². The minimum absolute atomic E-state index is 0.0637. The molecule has 124 valence electrons. The van der Waals surface area contributed by atoms with Crippen molar-refractivity contribution in [3.8, 4) is 11.5 Å². The van der Waals surface area contributed by atoms with Gasteiger partial charge in [0.15, 0.2) is 0 Å². The Morgan fingerprint density at radius 3 is 2.54 bits per heavy atom. The molecule has 0 saturated carbocycles. The second-order valence-corrected chi connectivity index (χ2v) is 5.00. The van der Waals surface area contributed by atoms with Crippen LogP contribution in [0.5, 0.6) is 11.5 Å². The highest BCUT2D eigenvalue weighted by Crippen LogP contribution is 2.31. The van der Waals surface area contributed by atoms with E-state index in [1.54, 1.807) is 24.3 Å². The lowest BCUT2D eigenvalue weighted by Gasteiger charge is -2.11. The lowest BCUT2D eigenvalue weighted by Crippen LogP contribution is -2.22. The highest BCUT2D eigenvalue weighted by Gasteiger charge is 2.16. The van der Waals surface area contributed by atoms with Gasteiger partial charge in [0.25, 0.3) is 5.69 Å². The molecule has 0 saturated heterocycles. The van der Waals surface area contributed by atoms with Crippen LogP contribution in [0.1, 0.15) is 0 Å². The summed E-state index contributed by atoms with van der Waals surface area (Å²) in [6, 6.07) is 13.1. The summed E-state index contributed by atoms with van der Waals surface area (Å²) in [6.45, 7) is -0.286. The van der Waals surface area contributed by atoms with E-state index in [2.05, 4.69) is 10.1 Å². The van der Waals surface area contributed by atoms with Crippen LogP contribution in [0.2, 0.25) is 0 Å². The van der Waals surface area contributed by atoms with Crippen molar-refractivity contribution in [3.63, 3.8) is 0 Å². The van der Waals surface area contributed by atoms with Gasteiger partial charge >= 0.3 is 6.09 Å². The van der Waals surface area contributed by atoms with Crippen LogP contribution in [-0.4, -0.2) is 22.6 Å². The number of hydrogen-bond acceptors (Lipinski definition) is 6. The van der Waals surface area contributed by atoms with E-state index in [9.17, 15) is 14.9 Å². The molecule has 0 radical (unpaired) electrons. The first kappa shape index (κ1) is 17.2. The first-order chi connectivity index (χ1) is 11.5. The Balaban J connectivity index is 2.20. The number of carbonyl (C=O) groups is 1. The molecule has 2 aromatic carbocycles. The van der Waals surface area contributed by atoms with E-state index < -0.39 is 11.0 Å². The van der Waals surface area contributed by atoms with Gasteiger partial charge < -0.3 is 20.5 Å². The van der Waals surface area contributed by atoms with Crippen molar-refractivity contribution >= 4 is 34.7 Å². The summed E-state index contributed by atoms with van der Waals surface area (Å²) < 4.78 is 10.2. The van der Waals surface area contributed by atoms with Crippen LogP contribution in [-0.2, 0) is 4.74 Å². The molecule has 0 aliphatic heterocycles. The molecule has 0 spiro atoms. The predicted octanol–water partition coefficient (Wildman–Crippen LogP) is 3.22. The van der Waals surface area contributed by atoms with Crippen LogP contribution in [0.25, 0.3) is 0 Å². The third kappa shape index (κ3) is 4.92. The van der Waals surface area contributed by atoms with Gasteiger partial charge in [-0.2, -0.15) is 0 Å². The number of benzene rings is 2. The van der Waals surface area contributed by atoms with Gasteiger partial charge in [-0.25, -0.2) is 4.79 Å². The second kappa shape index (κ2) is 7.88. The summed E-state index contributed by atoms with van der Waals surface area (Å²) in [5, 5.41) is 13.8. The summed E-state index contributed by atoms with van der Waals surface area (Å²) >= 11 is 4.97. The van der Waals surface area contributed by atoms with Gasteiger partial charge in [-0.1, -0.05) is 30.4 Å². The molecular weight excluding hydrogens is 334 g/mol. The number of nitrogens with two attached hydrogens (primary N) is 1. The lowest BCUT2D eigenvalue weighted by molar-refractivity contribution is -0.383. The Kier molecular flexibility index (Phi) is 5.63. The van der Waals surface area contributed by atoms with Crippen molar-refractivity contribution in [1.82, 2.24) is 0 Å². The van der Waals surface area contributed by atoms with Gasteiger partial charge in [-0.3, -0.25) is 10.1 Å². The van der Waals surface area contributed by atoms with Gasteiger partial charge in [0.05, 0.1) is 4.92 Å². The molecule has 0 bridgehead atoms. The molecule has 9 heteroatoms.